The van der Waals surface area contributed by atoms with Gasteiger partial charge in [-0.15, -0.1) is 0 Å². The van der Waals surface area contributed by atoms with Crippen LogP contribution in [-0.2, 0) is 15.0 Å². The summed E-state index contributed by atoms with van der Waals surface area (Å²) in [6.07, 6.45) is 7.22. The van der Waals surface area contributed by atoms with Crippen molar-refractivity contribution in [2.24, 2.45) is 0 Å². The van der Waals surface area contributed by atoms with Crippen LogP contribution in [-0.4, -0.2) is 57.8 Å². The average molecular weight is 496 g/mol. The topological polar surface area (TPSA) is 110 Å². The Labute approximate surface area is 209 Å². The molecule has 0 bridgehead atoms. The molecule has 1 saturated carbocycles. The molecule has 2 aliphatic rings. The Hall–Kier alpha value is -3.24. The van der Waals surface area contributed by atoms with Crippen LogP contribution in [0.1, 0.15) is 62.9 Å². The summed E-state index contributed by atoms with van der Waals surface area (Å²) in [5, 5.41) is 8.19. The molecule has 0 radical (unpaired) electrons. The third-order valence-electron chi connectivity index (χ3n) is 6.76. The number of anilines is 1. The highest BCUT2D eigenvalue weighted by molar-refractivity contribution is 6.07. The molecule has 1 saturated heterocycles. The maximum Gasteiger partial charge on any atom is 0.274 e. The van der Waals surface area contributed by atoms with E-state index >= 15 is 0 Å². The maximum absolute atomic E-state index is 13.3. The van der Waals surface area contributed by atoms with E-state index in [4.69, 9.17) is 19.3 Å². The Kier molecular flexibility index (Phi) is 6.57. The van der Waals surface area contributed by atoms with E-state index in [1.165, 1.54) is 0 Å². The van der Waals surface area contributed by atoms with Crippen molar-refractivity contribution in [3.8, 4) is 5.88 Å². The number of carbonyl (C=O) groups is 1. The SMILES string of the molecule is COCC1CC[C@](C)(n2cc3cc(C(=O)Nc4cccn(C5CC5)c4=O)c(OC(C)C)nc3n2)CO1. The Morgan fingerprint density at radius 3 is 2.81 bits per heavy atom. The van der Waals surface area contributed by atoms with Gasteiger partial charge in [0, 0.05) is 30.9 Å². The van der Waals surface area contributed by atoms with Gasteiger partial charge in [0.1, 0.15) is 11.3 Å². The van der Waals surface area contributed by atoms with Crippen molar-refractivity contribution < 1.29 is 19.0 Å². The van der Waals surface area contributed by atoms with Crippen LogP contribution in [0.2, 0.25) is 0 Å². The number of carbonyl (C=O) groups excluding carboxylic acids is 1. The van der Waals surface area contributed by atoms with Crippen LogP contribution >= 0.6 is 0 Å². The smallest absolute Gasteiger partial charge is 0.274 e. The lowest BCUT2D eigenvalue weighted by Crippen LogP contribution is -2.43. The molecule has 3 aromatic rings. The van der Waals surface area contributed by atoms with Crippen LogP contribution in [0.15, 0.2) is 35.4 Å². The van der Waals surface area contributed by atoms with Gasteiger partial charge in [0.25, 0.3) is 11.5 Å². The van der Waals surface area contributed by atoms with Gasteiger partial charge in [0.2, 0.25) is 5.88 Å². The van der Waals surface area contributed by atoms with E-state index in [0.29, 0.717) is 24.2 Å². The predicted octanol–water partition coefficient (Wildman–Crippen LogP) is 3.51. The van der Waals surface area contributed by atoms with Crippen molar-refractivity contribution in [1.29, 1.82) is 0 Å². The minimum absolute atomic E-state index is 0.0787. The van der Waals surface area contributed by atoms with Crippen LogP contribution in [0.4, 0.5) is 5.69 Å². The summed E-state index contributed by atoms with van der Waals surface area (Å²) in [7, 11) is 1.67. The summed E-state index contributed by atoms with van der Waals surface area (Å²) in [6.45, 7) is 6.91. The summed E-state index contributed by atoms with van der Waals surface area (Å²) in [4.78, 5) is 30.8. The molecule has 10 nitrogen and oxygen atoms in total. The minimum Gasteiger partial charge on any atom is -0.474 e. The quantitative estimate of drug-likeness (QED) is 0.509. The van der Waals surface area contributed by atoms with E-state index in [1.807, 2.05) is 24.7 Å². The molecule has 1 aliphatic carbocycles. The normalized spacial score (nSPS) is 22.2. The van der Waals surface area contributed by atoms with Gasteiger partial charge in [0.05, 0.1) is 31.0 Å². The highest BCUT2D eigenvalue weighted by atomic mass is 16.5. The number of nitrogens with zero attached hydrogens (tertiary/aromatic N) is 4. The second kappa shape index (κ2) is 9.67. The van der Waals surface area contributed by atoms with Gasteiger partial charge >= 0.3 is 0 Å². The van der Waals surface area contributed by atoms with E-state index in [0.717, 1.165) is 25.7 Å². The van der Waals surface area contributed by atoms with Gasteiger partial charge in [-0.05, 0) is 64.7 Å². The molecule has 36 heavy (non-hydrogen) atoms. The fourth-order valence-corrected chi connectivity index (χ4v) is 4.55. The molecule has 1 N–H and O–H groups in total. The largest absolute Gasteiger partial charge is 0.474 e. The number of methoxy groups -OCH3 is 1. The first-order valence-corrected chi connectivity index (χ1v) is 12.5. The van der Waals surface area contributed by atoms with E-state index < -0.39 is 5.91 Å². The van der Waals surface area contributed by atoms with Gasteiger partial charge in [-0.2, -0.15) is 10.1 Å². The maximum atomic E-state index is 13.3. The van der Waals surface area contributed by atoms with E-state index in [2.05, 4.69) is 17.2 Å². The number of hydrogen-bond acceptors (Lipinski definition) is 7. The molecule has 2 atom stereocenters. The zero-order chi connectivity index (χ0) is 25.4. The van der Waals surface area contributed by atoms with Gasteiger partial charge in [-0.3, -0.25) is 14.3 Å². The first-order chi connectivity index (χ1) is 17.3. The number of hydrogen-bond donors (Lipinski definition) is 1. The zero-order valence-electron chi connectivity index (χ0n) is 21.2. The van der Waals surface area contributed by atoms with Crippen molar-refractivity contribution >= 4 is 22.6 Å². The molecule has 5 rings (SSSR count). The van der Waals surface area contributed by atoms with E-state index in [9.17, 15) is 9.59 Å². The molecule has 4 heterocycles. The molecule has 2 fully saturated rings. The predicted molar refractivity (Wildman–Crippen MR) is 135 cm³/mol. The van der Waals surface area contributed by atoms with Crippen LogP contribution in [0.5, 0.6) is 5.88 Å². The number of fused-ring (bicyclic) bond motifs is 1. The van der Waals surface area contributed by atoms with Crippen molar-refractivity contribution in [3.05, 3.63) is 46.5 Å². The van der Waals surface area contributed by atoms with E-state index in [1.54, 1.807) is 36.1 Å². The van der Waals surface area contributed by atoms with E-state index in [-0.39, 0.29) is 46.5 Å². The summed E-state index contributed by atoms with van der Waals surface area (Å²) >= 11 is 0. The lowest BCUT2D eigenvalue weighted by molar-refractivity contribution is -0.0795. The van der Waals surface area contributed by atoms with Crippen molar-refractivity contribution in [2.75, 3.05) is 25.6 Å². The Morgan fingerprint density at radius 2 is 2.14 bits per heavy atom. The second-order valence-electron chi connectivity index (χ2n) is 10.2. The average Bonchev–Trinajstić information content (AvgIpc) is 3.59. The zero-order valence-corrected chi connectivity index (χ0v) is 21.2. The minimum atomic E-state index is -0.451. The fraction of sp³-hybridized carbons (Fsp3) is 0.538. The number of amides is 1. The fourth-order valence-electron chi connectivity index (χ4n) is 4.55. The second-order valence-corrected chi connectivity index (χ2v) is 10.2. The highest BCUT2D eigenvalue weighted by Gasteiger charge is 2.35. The monoisotopic (exact) mass is 495 g/mol. The van der Waals surface area contributed by atoms with Gasteiger partial charge in [-0.25, -0.2) is 0 Å². The lowest BCUT2D eigenvalue weighted by atomic mass is 9.92. The highest BCUT2D eigenvalue weighted by Crippen LogP contribution is 2.34. The van der Waals surface area contributed by atoms with Crippen LogP contribution in [0.25, 0.3) is 11.0 Å². The molecule has 192 valence electrons. The summed E-state index contributed by atoms with van der Waals surface area (Å²) in [6, 6.07) is 5.33. The van der Waals surface area contributed by atoms with Crippen molar-refractivity contribution in [2.45, 2.75) is 70.2 Å². The van der Waals surface area contributed by atoms with Crippen molar-refractivity contribution in [1.82, 2.24) is 19.3 Å². The Bertz CT molecular complexity index is 1320. The number of aromatic nitrogens is 4. The molecule has 0 aromatic carbocycles. The van der Waals surface area contributed by atoms with Crippen LogP contribution < -0.4 is 15.6 Å². The Morgan fingerprint density at radius 1 is 1.33 bits per heavy atom. The molecule has 1 amide bonds. The first-order valence-electron chi connectivity index (χ1n) is 12.5. The molecule has 1 aliphatic heterocycles. The summed E-state index contributed by atoms with van der Waals surface area (Å²) in [5.41, 5.74) is 0.418. The lowest BCUT2D eigenvalue weighted by Gasteiger charge is -2.37. The molecule has 3 aromatic heterocycles. The number of nitrogens with one attached hydrogen (secondary N) is 1. The standard InChI is InChI=1S/C26H33N5O5/c1-16(2)36-24-20(23(32)27-21-6-5-11-30(25(21)33)18-7-8-18)12-17-13-31(29-22(17)28-24)26(3)10-9-19(14-34-4)35-15-26/h5-6,11-13,16,18-19H,7-10,14-15H2,1-4H3,(H,27,32)/t19?,26-/m0/s1. The number of ether oxygens (including phenoxy) is 3. The molecule has 10 heteroatoms. The number of pyridine rings is 2. The van der Waals surface area contributed by atoms with Crippen LogP contribution in [0, 0.1) is 0 Å². The van der Waals surface area contributed by atoms with Crippen molar-refractivity contribution in [3.63, 3.8) is 0 Å². The third-order valence-corrected chi connectivity index (χ3v) is 6.76. The molecular formula is C26H33N5O5. The summed E-state index contributed by atoms with van der Waals surface area (Å²) in [5.74, 6) is -0.267. The molecule has 0 spiro atoms. The van der Waals surface area contributed by atoms with Crippen LogP contribution in [0.3, 0.4) is 0 Å². The van der Waals surface area contributed by atoms with Gasteiger partial charge in [-0.1, -0.05) is 0 Å². The molecular weight excluding hydrogens is 462 g/mol. The van der Waals surface area contributed by atoms with Gasteiger partial charge in [0.15, 0.2) is 5.65 Å². The third kappa shape index (κ3) is 4.87. The first kappa shape index (κ1) is 24.5. The number of rotatable bonds is 8. The molecule has 1 unspecified atom stereocenters. The van der Waals surface area contributed by atoms with Gasteiger partial charge < -0.3 is 24.1 Å². The Balaban J connectivity index is 1.45. The summed E-state index contributed by atoms with van der Waals surface area (Å²) < 4.78 is 20.7.